The first-order valence-electron chi connectivity index (χ1n) is 11.8. The van der Waals surface area contributed by atoms with Gasteiger partial charge in [-0.3, -0.25) is 14.3 Å². The van der Waals surface area contributed by atoms with Gasteiger partial charge in [-0.1, -0.05) is 48.5 Å². The van der Waals surface area contributed by atoms with Crippen LogP contribution in [0.4, 0.5) is 10.1 Å². The zero-order valence-corrected chi connectivity index (χ0v) is 19.3. The van der Waals surface area contributed by atoms with Gasteiger partial charge in [0.2, 0.25) is 5.91 Å². The lowest BCUT2D eigenvalue weighted by atomic mass is 9.51. The summed E-state index contributed by atoms with van der Waals surface area (Å²) in [4.78, 5) is 30.3. The average molecular weight is 464 g/mol. The van der Waals surface area contributed by atoms with E-state index in [1.54, 1.807) is 4.68 Å². The summed E-state index contributed by atoms with van der Waals surface area (Å²) in [5, 5.41) is 4.82. The van der Waals surface area contributed by atoms with E-state index in [0.29, 0.717) is 5.69 Å². The fourth-order valence-corrected chi connectivity index (χ4v) is 6.90. The SMILES string of the molecule is Cc1cc(C)n(C23C(=O)N(c4ccc(F)cc4)C(=O)C2C2c4ccccc4C3c3ccccc32)n1. The fraction of sp³-hybridized carbons (Fsp3) is 0.207. The van der Waals surface area contributed by atoms with E-state index in [4.69, 9.17) is 5.10 Å². The topological polar surface area (TPSA) is 55.2 Å². The zero-order chi connectivity index (χ0) is 24.1. The average Bonchev–Trinajstić information content (AvgIpc) is 3.33. The Morgan fingerprint density at radius 1 is 0.829 bits per heavy atom. The van der Waals surface area contributed by atoms with E-state index >= 15 is 0 Å². The number of carbonyl (C=O) groups is 2. The molecule has 4 aliphatic rings. The second-order valence-corrected chi connectivity index (χ2v) is 9.77. The number of carbonyl (C=O) groups excluding carboxylic acids is 2. The summed E-state index contributed by atoms with van der Waals surface area (Å²) >= 11 is 0. The molecule has 3 aromatic carbocycles. The number of hydrogen-bond donors (Lipinski definition) is 0. The number of aromatic nitrogens is 2. The summed E-state index contributed by atoms with van der Waals surface area (Å²) in [5.74, 6) is -2.35. The lowest BCUT2D eigenvalue weighted by molar-refractivity contribution is -0.129. The molecule has 2 bridgehead atoms. The highest BCUT2D eigenvalue weighted by atomic mass is 19.1. The van der Waals surface area contributed by atoms with Crippen LogP contribution in [0.5, 0.6) is 0 Å². The summed E-state index contributed by atoms with van der Waals surface area (Å²) in [6.07, 6.45) is 0. The molecule has 6 heteroatoms. The van der Waals surface area contributed by atoms with Gasteiger partial charge in [0.1, 0.15) is 5.82 Å². The Hall–Kier alpha value is -4.06. The number of benzene rings is 3. The highest BCUT2D eigenvalue weighted by molar-refractivity contribution is 6.26. The lowest BCUT2D eigenvalue weighted by Gasteiger charge is -2.53. The highest BCUT2D eigenvalue weighted by Crippen LogP contribution is 2.66. The predicted octanol–water partition coefficient (Wildman–Crippen LogP) is 4.81. The summed E-state index contributed by atoms with van der Waals surface area (Å²) in [7, 11) is 0. The van der Waals surface area contributed by atoms with Crippen LogP contribution in [0.15, 0.2) is 78.9 Å². The van der Waals surface area contributed by atoms with Gasteiger partial charge >= 0.3 is 0 Å². The second-order valence-electron chi connectivity index (χ2n) is 9.77. The lowest BCUT2D eigenvalue weighted by Crippen LogP contribution is -2.58. The molecule has 5 nitrogen and oxygen atoms in total. The summed E-state index contributed by atoms with van der Waals surface area (Å²) in [6, 6.07) is 23.8. The Bertz CT molecular complexity index is 1510. The molecule has 1 aromatic heterocycles. The second kappa shape index (κ2) is 6.75. The maximum absolute atomic E-state index is 14.7. The number of rotatable bonds is 2. The van der Waals surface area contributed by atoms with Crippen molar-refractivity contribution in [2.45, 2.75) is 31.2 Å². The van der Waals surface area contributed by atoms with Crippen molar-refractivity contribution in [1.29, 1.82) is 0 Å². The van der Waals surface area contributed by atoms with E-state index in [1.807, 2.05) is 44.2 Å². The summed E-state index contributed by atoms with van der Waals surface area (Å²) in [5.41, 5.74) is 5.03. The van der Waals surface area contributed by atoms with Crippen LogP contribution in [0.1, 0.15) is 45.5 Å². The number of nitrogens with zero attached hydrogens (tertiary/aromatic N) is 3. The van der Waals surface area contributed by atoms with Crippen LogP contribution < -0.4 is 4.90 Å². The third-order valence-electron chi connectivity index (χ3n) is 8.01. The van der Waals surface area contributed by atoms with Crippen molar-refractivity contribution in [3.05, 3.63) is 118 Å². The van der Waals surface area contributed by atoms with Crippen molar-refractivity contribution in [3.8, 4) is 0 Å². The molecule has 3 aliphatic carbocycles. The first-order valence-corrected chi connectivity index (χ1v) is 11.8. The van der Waals surface area contributed by atoms with Crippen LogP contribution in [0.3, 0.4) is 0 Å². The minimum Gasteiger partial charge on any atom is -0.274 e. The molecule has 2 heterocycles. The van der Waals surface area contributed by atoms with E-state index in [-0.39, 0.29) is 23.7 Å². The number of amides is 2. The van der Waals surface area contributed by atoms with Gasteiger partial charge < -0.3 is 0 Å². The minimum atomic E-state index is -1.25. The number of hydrogen-bond acceptors (Lipinski definition) is 3. The molecule has 0 radical (unpaired) electrons. The third-order valence-corrected chi connectivity index (χ3v) is 8.01. The molecule has 2 amide bonds. The van der Waals surface area contributed by atoms with E-state index in [9.17, 15) is 14.0 Å². The van der Waals surface area contributed by atoms with Crippen molar-refractivity contribution >= 4 is 17.5 Å². The number of anilines is 1. The van der Waals surface area contributed by atoms with Gasteiger partial charge in [-0.25, -0.2) is 9.29 Å². The molecule has 35 heavy (non-hydrogen) atoms. The van der Waals surface area contributed by atoms with E-state index < -0.39 is 17.3 Å². The molecule has 172 valence electrons. The van der Waals surface area contributed by atoms with Crippen LogP contribution in [-0.4, -0.2) is 21.6 Å². The van der Waals surface area contributed by atoms with Crippen molar-refractivity contribution < 1.29 is 14.0 Å². The molecule has 4 aromatic rings. The number of halogens is 1. The molecule has 8 rings (SSSR count). The first kappa shape index (κ1) is 20.3. The van der Waals surface area contributed by atoms with Gasteiger partial charge in [-0.2, -0.15) is 5.10 Å². The Kier molecular flexibility index (Phi) is 3.92. The molecule has 0 N–H and O–H groups in total. The van der Waals surface area contributed by atoms with Crippen molar-refractivity contribution in [3.63, 3.8) is 0 Å². The molecule has 0 spiro atoms. The predicted molar refractivity (Wildman–Crippen MR) is 129 cm³/mol. The first-order chi connectivity index (χ1) is 16.9. The van der Waals surface area contributed by atoms with Crippen molar-refractivity contribution in [2.75, 3.05) is 4.90 Å². The number of aryl methyl sites for hydroxylation is 2. The largest absolute Gasteiger partial charge is 0.274 e. The van der Waals surface area contributed by atoms with Crippen LogP contribution in [0, 0.1) is 25.6 Å². The van der Waals surface area contributed by atoms with Crippen LogP contribution in [0.2, 0.25) is 0 Å². The Balaban J connectivity index is 1.60. The Labute approximate surface area is 201 Å². The molecular formula is C29H22FN3O2. The van der Waals surface area contributed by atoms with Gasteiger partial charge in [-0.05, 0) is 66.4 Å². The van der Waals surface area contributed by atoms with Crippen LogP contribution in [0.25, 0.3) is 0 Å². The van der Waals surface area contributed by atoms with E-state index in [1.165, 1.54) is 29.2 Å². The van der Waals surface area contributed by atoms with E-state index in [2.05, 4.69) is 24.3 Å². The maximum atomic E-state index is 14.7. The van der Waals surface area contributed by atoms with Crippen LogP contribution in [-0.2, 0) is 15.1 Å². The van der Waals surface area contributed by atoms with Gasteiger partial charge in [0.15, 0.2) is 5.54 Å². The quantitative estimate of drug-likeness (QED) is 0.401. The molecule has 1 fully saturated rings. The smallest absolute Gasteiger partial charge is 0.263 e. The summed E-state index contributed by atoms with van der Waals surface area (Å²) < 4.78 is 15.6. The monoisotopic (exact) mass is 463 g/mol. The number of imide groups is 1. The standard InChI is InChI=1S/C29H22FN3O2/c1-16-15-17(2)33(31-16)29-25-22-9-5-3-7-20(22)24(21-8-4-6-10-23(21)25)26(29)27(34)32(28(29)35)19-13-11-18(30)12-14-19/h3-15,24-26H,1-2H3. The highest BCUT2D eigenvalue weighted by Gasteiger charge is 2.73. The van der Waals surface area contributed by atoms with Gasteiger partial charge in [-0.15, -0.1) is 0 Å². The Morgan fingerprint density at radius 3 is 1.94 bits per heavy atom. The maximum Gasteiger partial charge on any atom is 0.263 e. The fourth-order valence-electron chi connectivity index (χ4n) is 6.90. The van der Waals surface area contributed by atoms with Gasteiger partial charge in [0.05, 0.1) is 17.3 Å². The Morgan fingerprint density at radius 2 is 1.40 bits per heavy atom. The van der Waals surface area contributed by atoms with Crippen LogP contribution >= 0.6 is 0 Å². The molecule has 2 atom stereocenters. The molecule has 2 unspecified atom stereocenters. The molecular weight excluding hydrogens is 441 g/mol. The normalized spacial score (nSPS) is 26.0. The summed E-state index contributed by atoms with van der Waals surface area (Å²) in [6.45, 7) is 3.83. The van der Waals surface area contributed by atoms with Gasteiger partial charge in [0, 0.05) is 17.5 Å². The van der Waals surface area contributed by atoms with Gasteiger partial charge in [0.25, 0.3) is 5.91 Å². The molecule has 0 saturated carbocycles. The third kappa shape index (κ3) is 2.34. The van der Waals surface area contributed by atoms with Crippen molar-refractivity contribution in [1.82, 2.24) is 9.78 Å². The molecule has 1 aliphatic heterocycles. The van der Waals surface area contributed by atoms with Crippen molar-refractivity contribution in [2.24, 2.45) is 5.92 Å². The zero-order valence-electron chi connectivity index (χ0n) is 19.3. The van der Waals surface area contributed by atoms with E-state index in [0.717, 1.165) is 33.6 Å². The molecule has 1 saturated heterocycles. The minimum absolute atomic E-state index is 0.270.